The predicted molar refractivity (Wildman–Crippen MR) is 107 cm³/mol. The van der Waals surface area contributed by atoms with E-state index in [-0.39, 0.29) is 5.48 Å². The summed E-state index contributed by atoms with van der Waals surface area (Å²) in [6.07, 6.45) is 1.94. The first-order valence-electron chi connectivity index (χ1n) is 9.00. The molecule has 0 radical (unpaired) electrons. The van der Waals surface area contributed by atoms with Crippen molar-refractivity contribution >= 4 is 27.8 Å². The number of hydrogen-bond acceptors (Lipinski definition) is 4. The number of para-hydroxylation sites is 1. The second kappa shape index (κ2) is 7.34. The highest BCUT2D eigenvalue weighted by atomic mass is 16.5. The maximum atomic E-state index is 5.51. The molecule has 0 unspecified atom stereocenters. The average Bonchev–Trinajstić information content (AvgIpc) is 3.13. The number of fused-ring (bicyclic) bond motifs is 3. The van der Waals surface area contributed by atoms with Gasteiger partial charge in [0.1, 0.15) is 5.52 Å². The van der Waals surface area contributed by atoms with E-state index >= 15 is 0 Å². The van der Waals surface area contributed by atoms with Crippen LogP contribution in [0.25, 0.3) is 21.9 Å². The molecule has 0 aliphatic carbocycles. The van der Waals surface area contributed by atoms with Gasteiger partial charge < -0.3 is 19.7 Å². The Balaban J connectivity index is 0.00000180. The van der Waals surface area contributed by atoms with E-state index in [0.717, 1.165) is 60.6 Å². The van der Waals surface area contributed by atoms with E-state index in [4.69, 9.17) is 14.7 Å². The fourth-order valence-corrected chi connectivity index (χ4v) is 3.66. The first-order valence-corrected chi connectivity index (χ1v) is 9.00. The van der Waals surface area contributed by atoms with E-state index in [1.165, 1.54) is 5.56 Å². The van der Waals surface area contributed by atoms with Crippen molar-refractivity contribution in [2.45, 2.75) is 6.54 Å². The third-order valence-corrected chi connectivity index (χ3v) is 4.94. The lowest BCUT2D eigenvalue weighted by molar-refractivity contribution is 0.122. The van der Waals surface area contributed by atoms with Crippen molar-refractivity contribution in [3.8, 4) is 0 Å². The van der Waals surface area contributed by atoms with Crippen LogP contribution in [0.1, 0.15) is 5.56 Å². The van der Waals surface area contributed by atoms with E-state index in [9.17, 15) is 0 Å². The lowest BCUT2D eigenvalue weighted by atomic mass is 10.1. The third kappa shape index (κ3) is 3.13. The first kappa shape index (κ1) is 17.5. The van der Waals surface area contributed by atoms with Gasteiger partial charge in [0.15, 0.2) is 5.82 Å². The summed E-state index contributed by atoms with van der Waals surface area (Å²) >= 11 is 0. The van der Waals surface area contributed by atoms with Crippen LogP contribution in [0, 0.1) is 0 Å². The van der Waals surface area contributed by atoms with E-state index in [1.807, 2.05) is 18.5 Å². The molecule has 2 N–H and O–H groups in total. The molecule has 5 rings (SSSR count). The van der Waals surface area contributed by atoms with Crippen LogP contribution in [0.5, 0.6) is 0 Å². The summed E-state index contributed by atoms with van der Waals surface area (Å²) in [6, 6.07) is 18.8. The Morgan fingerprint density at radius 3 is 2.48 bits per heavy atom. The first-order chi connectivity index (χ1) is 12.9. The minimum absolute atomic E-state index is 0. The van der Waals surface area contributed by atoms with Crippen LogP contribution < -0.4 is 4.90 Å². The maximum Gasteiger partial charge on any atom is 0.157 e. The number of imidazole rings is 1. The molecule has 1 aliphatic heterocycles. The summed E-state index contributed by atoms with van der Waals surface area (Å²) < 4.78 is 7.74. The van der Waals surface area contributed by atoms with Crippen molar-refractivity contribution < 1.29 is 10.2 Å². The van der Waals surface area contributed by atoms with Crippen molar-refractivity contribution in [3.05, 3.63) is 66.5 Å². The number of rotatable bonds is 3. The van der Waals surface area contributed by atoms with Gasteiger partial charge in [-0.25, -0.2) is 9.97 Å². The molecular weight excluding hydrogens is 340 g/mol. The van der Waals surface area contributed by atoms with Crippen molar-refractivity contribution in [1.29, 1.82) is 0 Å². The largest absolute Gasteiger partial charge is 0.412 e. The molecule has 4 aromatic rings. The van der Waals surface area contributed by atoms with Gasteiger partial charge in [-0.3, -0.25) is 0 Å². The zero-order valence-electron chi connectivity index (χ0n) is 15.0. The SMILES string of the molecule is O.c1ccc(Cn2cnc3c(N4CCOCC4)nc4ccccc4c32)cc1. The molecule has 138 valence electrons. The number of aromatic nitrogens is 3. The zero-order chi connectivity index (χ0) is 17.3. The van der Waals surface area contributed by atoms with Crippen LogP contribution in [0.2, 0.25) is 0 Å². The van der Waals surface area contributed by atoms with Crippen LogP contribution in [0.15, 0.2) is 60.9 Å². The topological polar surface area (TPSA) is 74.7 Å². The summed E-state index contributed by atoms with van der Waals surface area (Å²) in [6.45, 7) is 3.98. The van der Waals surface area contributed by atoms with Gasteiger partial charge in [0.05, 0.1) is 30.6 Å². The smallest absolute Gasteiger partial charge is 0.157 e. The fourth-order valence-electron chi connectivity index (χ4n) is 3.66. The van der Waals surface area contributed by atoms with Crippen LogP contribution >= 0.6 is 0 Å². The minimum atomic E-state index is 0. The van der Waals surface area contributed by atoms with Gasteiger partial charge in [0.2, 0.25) is 0 Å². The van der Waals surface area contributed by atoms with Gasteiger partial charge in [0.25, 0.3) is 0 Å². The molecule has 1 fully saturated rings. The molecule has 6 heteroatoms. The number of benzene rings is 2. The van der Waals surface area contributed by atoms with Crippen LogP contribution in [-0.2, 0) is 11.3 Å². The molecule has 0 atom stereocenters. The molecule has 0 spiro atoms. The minimum Gasteiger partial charge on any atom is -0.412 e. The number of anilines is 1. The maximum absolute atomic E-state index is 5.51. The van der Waals surface area contributed by atoms with Crippen LogP contribution in [0.4, 0.5) is 5.82 Å². The number of pyridine rings is 1. The summed E-state index contributed by atoms with van der Waals surface area (Å²) in [5, 5.41) is 1.15. The Bertz CT molecular complexity index is 1060. The molecule has 2 aromatic carbocycles. The Morgan fingerprint density at radius 2 is 1.67 bits per heavy atom. The second-order valence-electron chi connectivity index (χ2n) is 6.61. The number of ether oxygens (including phenoxy) is 1. The molecule has 1 saturated heterocycles. The van der Waals surface area contributed by atoms with Gasteiger partial charge >= 0.3 is 0 Å². The van der Waals surface area contributed by atoms with Gasteiger partial charge in [-0.15, -0.1) is 0 Å². The Labute approximate surface area is 157 Å². The fraction of sp³-hybridized carbons (Fsp3) is 0.238. The Morgan fingerprint density at radius 1 is 0.926 bits per heavy atom. The zero-order valence-corrected chi connectivity index (χ0v) is 15.0. The lowest BCUT2D eigenvalue weighted by Crippen LogP contribution is -2.36. The molecule has 1 aliphatic rings. The van der Waals surface area contributed by atoms with E-state index in [2.05, 4.69) is 51.9 Å². The summed E-state index contributed by atoms with van der Waals surface area (Å²) in [4.78, 5) is 12.0. The Kier molecular flexibility index (Phi) is 4.75. The lowest BCUT2D eigenvalue weighted by Gasteiger charge is -2.28. The van der Waals surface area contributed by atoms with Crippen LogP contribution in [-0.4, -0.2) is 46.3 Å². The molecule has 6 nitrogen and oxygen atoms in total. The summed E-state index contributed by atoms with van der Waals surface area (Å²) in [7, 11) is 0. The molecule has 3 heterocycles. The monoisotopic (exact) mass is 362 g/mol. The predicted octanol–water partition coefficient (Wildman–Crippen LogP) is 2.64. The Hall–Kier alpha value is -2.96. The molecule has 0 bridgehead atoms. The normalized spacial score (nSPS) is 14.4. The molecule has 27 heavy (non-hydrogen) atoms. The van der Waals surface area contributed by atoms with Gasteiger partial charge in [-0.05, 0) is 11.6 Å². The summed E-state index contributed by atoms with van der Waals surface area (Å²) in [5.41, 5.74) is 4.40. The van der Waals surface area contributed by atoms with Crippen molar-refractivity contribution in [2.24, 2.45) is 0 Å². The van der Waals surface area contributed by atoms with Crippen molar-refractivity contribution in [2.75, 3.05) is 31.2 Å². The molecule has 0 saturated carbocycles. The molecular formula is C21H22N4O2. The van der Waals surface area contributed by atoms with E-state index in [1.54, 1.807) is 0 Å². The highest BCUT2D eigenvalue weighted by molar-refractivity contribution is 6.06. The highest BCUT2D eigenvalue weighted by Gasteiger charge is 2.20. The average molecular weight is 362 g/mol. The number of nitrogens with zero attached hydrogens (tertiary/aromatic N) is 4. The van der Waals surface area contributed by atoms with E-state index in [0.29, 0.717) is 0 Å². The quantitative estimate of drug-likeness (QED) is 0.561. The van der Waals surface area contributed by atoms with Gasteiger partial charge in [-0.1, -0.05) is 48.5 Å². The third-order valence-electron chi connectivity index (χ3n) is 4.94. The molecule has 2 aromatic heterocycles. The van der Waals surface area contributed by atoms with Crippen molar-refractivity contribution in [3.63, 3.8) is 0 Å². The standard InChI is InChI=1S/C21H20N4O.H2O/c1-2-6-16(7-3-1)14-25-15-22-19-20(25)17-8-4-5-9-18(17)23-21(19)24-10-12-26-13-11-24;/h1-9,15H,10-14H2;1H2. The van der Waals surface area contributed by atoms with Gasteiger partial charge in [-0.2, -0.15) is 0 Å². The van der Waals surface area contributed by atoms with Crippen molar-refractivity contribution in [1.82, 2.24) is 14.5 Å². The number of hydrogen-bond donors (Lipinski definition) is 0. The van der Waals surface area contributed by atoms with Gasteiger partial charge in [0, 0.05) is 25.0 Å². The number of morpholine rings is 1. The molecule has 0 amide bonds. The van der Waals surface area contributed by atoms with Crippen LogP contribution in [0.3, 0.4) is 0 Å². The van der Waals surface area contributed by atoms with E-state index < -0.39 is 0 Å². The highest BCUT2D eigenvalue weighted by Crippen LogP contribution is 2.31. The second-order valence-corrected chi connectivity index (χ2v) is 6.61. The summed E-state index contributed by atoms with van der Waals surface area (Å²) in [5.74, 6) is 0.966.